The molecule has 0 aromatic carbocycles. The quantitative estimate of drug-likeness (QED) is 0.645. The van der Waals surface area contributed by atoms with E-state index in [1.807, 2.05) is 0 Å². The molecule has 1 atom stereocenters. The van der Waals surface area contributed by atoms with Gasteiger partial charge in [0.1, 0.15) is 0 Å². The van der Waals surface area contributed by atoms with Gasteiger partial charge in [0.05, 0.1) is 0 Å². The van der Waals surface area contributed by atoms with E-state index in [2.05, 4.69) is 27.7 Å². The van der Waals surface area contributed by atoms with Crippen LogP contribution in [0.4, 0.5) is 0 Å². The van der Waals surface area contributed by atoms with E-state index in [9.17, 15) is 0 Å². The van der Waals surface area contributed by atoms with E-state index in [-0.39, 0.29) is 0 Å². The van der Waals surface area contributed by atoms with Crippen LogP contribution in [0, 0.1) is 17.8 Å². The zero-order chi connectivity index (χ0) is 10.3. The molecule has 0 rings (SSSR count). The van der Waals surface area contributed by atoms with Crippen molar-refractivity contribution in [3.05, 3.63) is 0 Å². The van der Waals surface area contributed by atoms with E-state index in [4.69, 9.17) is 5.11 Å². The van der Waals surface area contributed by atoms with Crippen molar-refractivity contribution in [1.82, 2.24) is 0 Å². The maximum Gasteiger partial charge on any atom is 0.0431 e. The van der Waals surface area contributed by atoms with Crippen molar-refractivity contribution in [2.24, 2.45) is 17.8 Å². The van der Waals surface area contributed by atoms with Gasteiger partial charge in [-0.25, -0.2) is 0 Å². The molecule has 0 saturated carbocycles. The second-order valence-electron chi connectivity index (χ2n) is 4.84. The summed E-state index contributed by atoms with van der Waals surface area (Å²) in [6.07, 6.45) is 4.82. The summed E-state index contributed by atoms with van der Waals surface area (Å²) in [5, 5.41) is 8.77. The lowest BCUT2D eigenvalue weighted by atomic mass is 9.85. The molecule has 1 heteroatoms. The average Bonchev–Trinajstić information content (AvgIpc) is 2.03. The highest BCUT2D eigenvalue weighted by Gasteiger charge is 2.12. The van der Waals surface area contributed by atoms with Crippen LogP contribution in [0.3, 0.4) is 0 Å². The Morgan fingerprint density at radius 3 is 1.92 bits per heavy atom. The van der Waals surface area contributed by atoms with E-state index in [1.165, 1.54) is 19.3 Å². The fourth-order valence-electron chi connectivity index (χ4n) is 1.71. The minimum Gasteiger partial charge on any atom is -0.396 e. The Kier molecular flexibility index (Phi) is 7.35. The fraction of sp³-hybridized carbons (Fsp3) is 1.00. The lowest BCUT2D eigenvalue weighted by Crippen LogP contribution is -2.10. The number of aliphatic hydroxyl groups excluding tert-OH is 1. The Hall–Kier alpha value is -0.0400. The van der Waals surface area contributed by atoms with Crippen LogP contribution in [0.5, 0.6) is 0 Å². The summed E-state index contributed by atoms with van der Waals surface area (Å²) in [5.41, 5.74) is 0. The summed E-state index contributed by atoms with van der Waals surface area (Å²) < 4.78 is 0. The van der Waals surface area contributed by atoms with Crippen molar-refractivity contribution < 1.29 is 5.11 Å². The van der Waals surface area contributed by atoms with Crippen LogP contribution in [-0.2, 0) is 0 Å². The van der Waals surface area contributed by atoms with Crippen LogP contribution in [0.15, 0.2) is 0 Å². The van der Waals surface area contributed by atoms with Crippen molar-refractivity contribution in [2.75, 3.05) is 6.61 Å². The zero-order valence-corrected chi connectivity index (χ0v) is 9.71. The predicted molar refractivity (Wildman–Crippen MR) is 58.7 cm³/mol. The Balaban J connectivity index is 3.67. The van der Waals surface area contributed by atoms with E-state index in [0.717, 1.165) is 24.2 Å². The highest BCUT2D eigenvalue weighted by molar-refractivity contribution is 4.64. The highest BCUT2D eigenvalue weighted by Crippen LogP contribution is 2.24. The van der Waals surface area contributed by atoms with E-state index < -0.39 is 0 Å². The number of hydrogen-bond donors (Lipinski definition) is 1. The monoisotopic (exact) mass is 186 g/mol. The number of hydrogen-bond acceptors (Lipinski definition) is 1. The molecule has 1 nitrogen and oxygen atoms in total. The smallest absolute Gasteiger partial charge is 0.0431 e. The summed E-state index contributed by atoms with van der Waals surface area (Å²) in [7, 11) is 0. The van der Waals surface area contributed by atoms with Gasteiger partial charge in [0.25, 0.3) is 0 Å². The molecule has 0 fully saturated rings. The van der Waals surface area contributed by atoms with Gasteiger partial charge >= 0.3 is 0 Å². The Morgan fingerprint density at radius 1 is 0.923 bits per heavy atom. The Morgan fingerprint density at radius 2 is 1.54 bits per heavy atom. The van der Waals surface area contributed by atoms with Crippen molar-refractivity contribution in [3.8, 4) is 0 Å². The third kappa shape index (κ3) is 7.06. The van der Waals surface area contributed by atoms with Crippen molar-refractivity contribution in [2.45, 2.75) is 53.4 Å². The first-order valence-electron chi connectivity index (χ1n) is 5.68. The molecule has 0 spiro atoms. The summed E-state index contributed by atoms with van der Waals surface area (Å²) in [5.74, 6) is 2.40. The second-order valence-corrected chi connectivity index (χ2v) is 4.84. The molecule has 0 heterocycles. The molecule has 80 valence electrons. The molecular formula is C12H26O. The minimum atomic E-state index is 0.352. The topological polar surface area (TPSA) is 20.2 Å². The third-order valence-electron chi connectivity index (χ3n) is 2.79. The summed E-state index contributed by atoms with van der Waals surface area (Å²) in [6.45, 7) is 9.50. The number of rotatable bonds is 7. The average molecular weight is 186 g/mol. The van der Waals surface area contributed by atoms with Gasteiger partial charge < -0.3 is 5.11 Å². The molecular weight excluding hydrogens is 160 g/mol. The maximum absolute atomic E-state index is 8.77. The highest BCUT2D eigenvalue weighted by atomic mass is 16.2. The molecule has 13 heavy (non-hydrogen) atoms. The van der Waals surface area contributed by atoms with Crippen molar-refractivity contribution in [3.63, 3.8) is 0 Å². The summed E-state index contributed by atoms with van der Waals surface area (Å²) >= 11 is 0. The molecule has 0 radical (unpaired) electrons. The minimum absolute atomic E-state index is 0.352. The van der Waals surface area contributed by atoms with Crippen molar-refractivity contribution in [1.29, 1.82) is 0 Å². The largest absolute Gasteiger partial charge is 0.396 e. The molecule has 0 aromatic heterocycles. The third-order valence-corrected chi connectivity index (χ3v) is 2.79. The van der Waals surface area contributed by atoms with Gasteiger partial charge in [0.15, 0.2) is 0 Å². The first-order valence-corrected chi connectivity index (χ1v) is 5.68. The molecule has 1 N–H and O–H groups in total. The SMILES string of the molecule is CC(C)CC[C@H](CCCO)C(C)C. The zero-order valence-electron chi connectivity index (χ0n) is 9.71. The molecule has 0 aliphatic carbocycles. The van der Waals surface area contributed by atoms with Gasteiger partial charge in [0, 0.05) is 6.61 Å². The van der Waals surface area contributed by atoms with Crippen molar-refractivity contribution >= 4 is 0 Å². The van der Waals surface area contributed by atoms with Gasteiger partial charge in [-0.3, -0.25) is 0 Å². The fourth-order valence-corrected chi connectivity index (χ4v) is 1.71. The molecule has 0 saturated heterocycles. The second kappa shape index (κ2) is 7.37. The molecule has 0 unspecified atom stereocenters. The molecule has 0 aliphatic heterocycles. The molecule has 0 amide bonds. The number of aliphatic hydroxyl groups is 1. The lowest BCUT2D eigenvalue weighted by Gasteiger charge is -2.21. The Bertz CT molecular complexity index is 108. The predicted octanol–water partition coefficient (Wildman–Crippen LogP) is 3.47. The maximum atomic E-state index is 8.77. The van der Waals surface area contributed by atoms with Crippen LogP contribution in [-0.4, -0.2) is 11.7 Å². The van der Waals surface area contributed by atoms with Crippen LogP contribution < -0.4 is 0 Å². The van der Waals surface area contributed by atoms with Crippen LogP contribution in [0.2, 0.25) is 0 Å². The van der Waals surface area contributed by atoms with Gasteiger partial charge in [0.2, 0.25) is 0 Å². The lowest BCUT2D eigenvalue weighted by molar-refractivity contribution is 0.243. The summed E-state index contributed by atoms with van der Waals surface area (Å²) in [6, 6.07) is 0. The first kappa shape index (κ1) is 13.0. The molecule has 0 aromatic rings. The van der Waals surface area contributed by atoms with E-state index in [1.54, 1.807) is 0 Å². The standard InChI is InChI=1S/C12H26O/c1-10(2)7-8-12(11(3)4)6-5-9-13/h10-13H,5-9H2,1-4H3/t12-/m0/s1. The van der Waals surface area contributed by atoms with Gasteiger partial charge in [-0.05, 0) is 37.0 Å². The molecule has 0 aliphatic rings. The molecule has 0 bridgehead atoms. The van der Waals surface area contributed by atoms with Gasteiger partial charge in [-0.1, -0.05) is 34.1 Å². The van der Waals surface area contributed by atoms with Gasteiger partial charge in [-0.15, -0.1) is 0 Å². The first-order chi connectivity index (χ1) is 6.07. The van der Waals surface area contributed by atoms with Gasteiger partial charge in [-0.2, -0.15) is 0 Å². The normalized spacial score (nSPS) is 14.1. The van der Waals surface area contributed by atoms with Crippen LogP contribution >= 0.6 is 0 Å². The summed E-state index contributed by atoms with van der Waals surface area (Å²) in [4.78, 5) is 0. The van der Waals surface area contributed by atoms with E-state index >= 15 is 0 Å². The van der Waals surface area contributed by atoms with Crippen LogP contribution in [0.25, 0.3) is 0 Å². The van der Waals surface area contributed by atoms with Crippen LogP contribution in [0.1, 0.15) is 53.4 Å². The van der Waals surface area contributed by atoms with E-state index in [0.29, 0.717) is 6.61 Å². The Labute approximate surface area is 83.5 Å².